The summed E-state index contributed by atoms with van der Waals surface area (Å²) in [6.07, 6.45) is 1.43. The molecule has 3 heterocycles. The highest BCUT2D eigenvalue weighted by molar-refractivity contribution is 5.76. The van der Waals surface area contributed by atoms with Crippen molar-refractivity contribution in [1.29, 1.82) is 0 Å². The zero-order valence-electron chi connectivity index (χ0n) is 16.3. The number of aliphatic hydroxyl groups is 2. The molecule has 2 aromatic heterocycles. The van der Waals surface area contributed by atoms with Gasteiger partial charge in [-0.2, -0.15) is 5.10 Å². The fourth-order valence-corrected chi connectivity index (χ4v) is 3.73. The highest BCUT2D eigenvalue weighted by Gasteiger charge is 2.34. The van der Waals surface area contributed by atoms with E-state index in [-0.39, 0.29) is 13.1 Å². The van der Waals surface area contributed by atoms with Crippen molar-refractivity contribution in [2.45, 2.75) is 24.8 Å². The second kappa shape index (κ2) is 8.56. The largest absolute Gasteiger partial charge is 0.497 e. The molecule has 1 aliphatic heterocycles. The van der Waals surface area contributed by atoms with Gasteiger partial charge in [-0.25, -0.2) is 9.50 Å². The molecule has 0 aliphatic carbocycles. The molecule has 3 N–H and O–H groups in total. The zero-order chi connectivity index (χ0) is 21.1. The summed E-state index contributed by atoms with van der Waals surface area (Å²) in [4.78, 5) is 9.02. The maximum atomic E-state index is 10.3. The first-order valence-corrected chi connectivity index (χ1v) is 9.44. The van der Waals surface area contributed by atoms with Gasteiger partial charge in [0, 0.05) is 42.5 Å². The van der Waals surface area contributed by atoms with Gasteiger partial charge in [-0.15, -0.1) is 0 Å². The lowest BCUT2D eigenvalue weighted by Gasteiger charge is -2.37. The van der Waals surface area contributed by atoms with E-state index in [0.717, 1.165) is 22.5 Å². The van der Waals surface area contributed by atoms with Crippen LogP contribution in [0.5, 0.6) is 5.75 Å². The molecule has 3 aromatic rings. The zero-order valence-corrected chi connectivity index (χ0v) is 16.3. The molecule has 1 saturated heterocycles. The number of methoxy groups -OCH3 is 1. The average molecular weight is 410 g/mol. The number of aliphatic hydroxyl groups excluding tert-OH is 2. The highest BCUT2D eigenvalue weighted by atomic mass is 16.5. The Balaban J connectivity index is 1.59. The number of hydrogen-bond acceptors (Lipinski definition) is 8. The molecular weight excluding hydrogens is 388 g/mol. The van der Waals surface area contributed by atoms with Gasteiger partial charge in [0.15, 0.2) is 5.82 Å². The monoisotopic (exact) mass is 410 g/mol. The maximum Gasteiger partial charge on any atom is 0.158 e. The molecule has 0 bridgehead atoms. The quantitative estimate of drug-likeness (QED) is 0.319. The number of azide groups is 1. The summed E-state index contributed by atoms with van der Waals surface area (Å²) < 4.78 is 7.00. The van der Waals surface area contributed by atoms with Crippen LogP contribution in [0.1, 0.15) is 5.56 Å². The van der Waals surface area contributed by atoms with E-state index in [1.54, 1.807) is 11.6 Å². The number of ether oxygens (including phenoxy) is 1. The Morgan fingerprint density at radius 2 is 2.10 bits per heavy atom. The molecule has 0 amide bonds. The smallest absolute Gasteiger partial charge is 0.158 e. The number of nitrogens with one attached hydrogen (secondary N) is 1. The van der Waals surface area contributed by atoms with E-state index in [2.05, 4.69) is 25.4 Å². The van der Waals surface area contributed by atoms with E-state index in [9.17, 15) is 10.2 Å². The van der Waals surface area contributed by atoms with Gasteiger partial charge in [-0.1, -0.05) is 11.2 Å². The third-order valence-electron chi connectivity index (χ3n) is 5.13. The lowest BCUT2D eigenvalue weighted by atomic mass is 9.99. The van der Waals surface area contributed by atoms with Crippen molar-refractivity contribution in [3.63, 3.8) is 0 Å². The van der Waals surface area contributed by atoms with Gasteiger partial charge in [0.1, 0.15) is 17.6 Å². The standard InChI is InChI=1S/C19H22N8O3/c1-30-14-4-2-3-13(7-14)23-19-18-12(5-6-27(18)22-11-21-19)8-26-9-15(28)17(24-25-20)16(29)10-26/h2-7,11,15-17,28-29H,8-10H2,1H3,(H,21,22,23)/t15-,16+,17?. The van der Waals surface area contributed by atoms with Crippen LogP contribution >= 0.6 is 0 Å². The molecule has 0 saturated carbocycles. The van der Waals surface area contributed by atoms with E-state index >= 15 is 0 Å². The first-order valence-electron chi connectivity index (χ1n) is 9.44. The van der Waals surface area contributed by atoms with Crippen LogP contribution in [0.3, 0.4) is 0 Å². The highest BCUT2D eigenvalue weighted by Crippen LogP contribution is 2.27. The predicted molar refractivity (Wildman–Crippen MR) is 109 cm³/mol. The first-order chi connectivity index (χ1) is 14.6. The summed E-state index contributed by atoms with van der Waals surface area (Å²) in [6, 6.07) is 8.62. The van der Waals surface area contributed by atoms with Gasteiger partial charge in [-0.05, 0) is 29.3 Å². The molecule has 156 valence electrons. The lowest BCUT2D eigenvalue weighted by molar-refractivity contribution is -0.0287. The second-order valence-corrected chi connectivity index (χ2v) is 7.12. The van der Waals surface area contributed by atoms with E-state index in [4.69, 9.17) is 10.3 Å². The summed E-state index contributed by atoms with van der Waals surface area (Å²) in [5, 5.41) is 31.6. The van der Waals surface area contributed by atoms with E-state index < -0.39 is 18.2 Å². The van der Waals surface area contributed by atoms with E-state index in [1.165, 1.54) is 6.33 Å². The lowest BCUT2D eigenvalue weighted by Crippen LogP contribution is -2.54. The Kier molecular flexibility index (Phi) is 5.68. The molecule has 1 aromatic carbocycles. The normalized spacial score (nSPS) is 21.9. The van der Waals surface area contributed by atoms with E-state index in [1.807, 2.05) is 41.4 Å². The predicted octanol–water partition coefficient (Wildman–Crippen LogP) is 1.70. The number of anilines is 2. The van der Waals surface area contributed by atoms with Crippen molar-refractivity contribution >= 4 is 17.0 Å². The van der Waals surface area contributed by atoms with Crippen LogP contribution in [0.15, 0.2) is 48.0 Å². The van der Waals surface area contributed by atoms with Crippen LogP contribution in [0, 0.1) is 0 Å². The number of likely N-dealkylation sites (tertiary alicyclic amines) is 1. The van der Waals surface area contributed by atoms with Gasteiger partial charge in [0.25, 0.3) is 0 Å². The number of fused-ring (bicyclic) bond motifs is 1. The van der Waals surface area contributed by atoms with Gasteiger partial charge in [-0.3, -0.25) is 4.90 Å². The molecule has 4 rings (SSSR count). The molecule has 0 spiro atoms. The number of β-amino-alcohol motifs (C(OH)–C–C–N with tert-alkyl or cyclic N) is 2. The molecule has 3 atom stereocenters. The number of benzene rings is 1. The third kappa shape index (κ3) is 4.00. The van der Waals surface area contributed by atoms with Crippen molar-refractivity contribution in [3.8, 4) is 5.75 Å². The minimum Gasteiger partial charge on any atom is -0.497 e. The van der Waals surface area contributed by atoms with Crippen LogP contribution in [-0.4, -0.2) is 68.2 Å². The van der Waals surface area contributed by atoms with Gasteiger partial charge < -0.3 is 20.3 Å². The van der Waals surface area contributed by atoms with Crippen LogP contribution < -0.4 is 10.1 Å². The van der Waals surface area contributed by atoms with Crippen LogP contribution in [-0.2, 0) is 6.54 Å². The summed E-state index contributed by atoms with van der Waals surface area (Å²) in [7, 11) is 1.61. The van der Waals surface area contributed by atoms with Crippen molar-refractivity contribution in [1.82, 2.24) is 19.5 Å². The van der Waals surface area contributed by atoms with Crippen molar-refractivity contribution in [2.24, 2.45) is 5.11 Å². The molecule has 1 unspecified atom stereocenters. The molecule has 1 fully saturated rings. The second-order valence-electron chi connectivity index (χ2n) is 7.12. The molecule has 0 radical (unpaired) electrons. The number of piperidine rings is 1. The number of hydrogen-bond donors (Lipinski definition) is 3. The topological polar surface area (TPSA) is 144 Å². The van der Waals surface area contributed by atoms with Crippen LogP contribution in [0.25, 0.3) is 16.0 Å². The average Bonchev–Trinajstić information content (AvgIpc) is 3.15. The Labute approximate surface area is 172 Å². The fourth-order valence-electron chi connectivity index (χ4n) is 3.73. The summed E-state index contributed by atoms with van der Waals surface area (Å²) in [5.74, 6) is 1.36. The maximum absolute atomic E-state index is 10.3. The summed E-state index contributed by atoms with van der Waals surface area (Å²) >= 11 is 0. The molecule has 1 aliphatic rings. The minimum atomic E-state index is -0.941. The molecule has 11 heteroatoms. The van der Waals surface area contributed by atoms with Crippen LogP contribution in [0.2, 0.25) is 0 Å². The van der Waals surface area contributed by atoms with Gasteiger partial charge >= 0.3 is 0 Å². The number of nitrogens with zero attached hydrogens (tertiary/aromatic N) is 7. The van der Waals surface area contributed by atoms with Crippen molar-refractivity contribution in [3.05, 3.63) is 58.9 Å². The van der Waals surface area contributed by atoms with Crippen LogP contribution in [0.4, 0.5) is 11.5 Å². The molecule has 11 nitrogen and oxygen atoms in total. The Bertz CT molecular complexity index is 1070. The SMILES string of the molecule is COc1cccc(Nc2ncnn3ccc(CN4C[C@@H](O)C(N=[N+]=[N-])[C@@H](O)C4)c23)c1. The number of aromatic nitrogens is 3. The minimum absolute atomic E-state index is 0.282. The van der Waals surface area contributed by atoms with Gasteiger partial charge in [0.2, 0.25) is 0 Å². The summed E-state index contributed by atoms with van der Waals surface area (Å²) in [6.45, 7) is 1.03. The summed E-state index contributed by atoms with van der Waals surface area (Å²) in [5.41, 5.74) is 11.2. The Hall–Kier alpha value is -3.37. The first kappa shape index (κ1) is 19.9. The van der Waals surface area contributed by atoms with Crippen molar-refractivity contribution < 1.29 is 14.9 Å². The Morgan fingerprint density at radius 3 is 2.83 bits per heavy atom. The number of rotatable bonds is 6. The third-order valence-corrected chi connectivity index (χ3v) is 5.13. The Morgan fingerprint density at radius 1 is 1.30 bits per heavy atom. The van der Waals surface area contributed by atoms with E-state index in [0.29, 0.717) is 12.4 Å². The fraction of sp³-hybridized carbons (Fsp3) is 0.368. The molecule has 30 heavy (non-hydrogen) atoms. The molecular formula is C19H22N8O3. The van der Waals surface area contributed by atoms with Crippen molar-refractivity contribution in [2.75, 3.05) is 25.5 Å². The van der Waals surface area contributed by atoms with Gasteiger partial charge in [0.05, 0.1) is 25.4 Å².